The number of anilines is 5. The molecule has 4 rings (SSSR count). The Hall–Kier alpha value is -3.88. The highest BCUT2D eigenvalue weighted by atomic mass is 35.5. The lowest BCUT2D eigenvalue weighted by atomic mass is 10.2. The van der Waals surface area contributed by atoms with Crippen molar-refractivity contribution in [1.82, 2.24) is 15.0 Å². The van der Waals surface area contributed by atoms with Crippen LogP contribution in [0, 0.1) is 13.8 Å². The molecule has 0 saturated carbocycles. The average molecular weight is 509 g/mol. The van der Waals surface area contributed by atoms with Crippen molar-refractivity contribution in [3.63, 3.8) is 0 Å². The Bertz CT molecular complexity index is 1350. The van der Waals surface area contributed by atoms with Gasteiger partial charge in [-0.15, -0.1) is 0 Å². The molecule has 178 valence electrons. The van der Waals surface area contributed by atoms with Gasteiger partial charge in [0, 0.05) is 28.7 Å². The lowest BCUT2D eigenvalue weighted by Gasteiger charge is -2.11. The number of nitrogens with zero attached hydrogens (tertiary/aromatic N) is 3. The van der Waals surface area contributed by atoms with Crippen LogP contribution < -0.4 is 20.7 Å². The van der Waals surface area contributed by atoms with Gasteiger partial charge in [-0.25, -0.2) is 15.0 Å². The van der Waals surface area contributed by atoms with Crippen molar-refractivity contribution in [2.45, 2.75) is 13.8 Å². The molecule has 0 bridgehead atoms. The van der Waals surface area contributed by atoms with E-state index in [1.165, 1.54) is 0 Å². The van der Waals surface area contributed by atoms with Crippen molar-refractivity contribution in [2.24, 2.45) is 0 Å². The molecule has 2 heterocycles. The normalized spacial score (nSPS) is 10.5. The molecule has 0 aliphatic carbocycles. The van der Waals surface area contributed by atoms with E-state index in [9.17, 15) is 4.79 Å². The monoisotopic (exact) mass is 508 g/mol. The molecule has 0 saturated heterocycles. The Labute approximate surface area is 212 Å². The van der Waals surface area contributed by atoms with Crippen LogP contribution in [-0.4, -0.2) is 27.5 Å². The zero-order valence-electron chi connectivity index (χ0n) is 19.0. The van der Waals surface area contributed by atoms with Crippen LogP contribution in [-0.2, 0) is 4.79 Å². The van der Waals surface area contributed by atoms with Crippen molar-refractivity contribution in [3.05, 3.63) is 88.3 Å². The summed E-state index contributed by atoms with van der Waals surface area (Å²) >= 11 is 11.9. The number of carbonyl (C=O) groups excluding carboxylic acids is 1. The van der Waals surface area contributed by atoms with Gasteiger partial charge < -0.3 is 20.7 Å². The molecule has 35 heavy (non-hydrogen) atoms. The van der Waals surface area contributed by atoms with E-state index >= 15 is 0 Å². The van der Waals surface area contributed by atoms with E-state index in [4.69, 9.17) is 27.9 Å². The summed E-state index contributed by atoms with van der Waals surface area (Å²) in [6.07, 6.45) is 1.74. The molecule has 8 nitrogen and oxygen atoms in total. The minimum absolute atomic E-state index is 0.187. The molecule has 0 fully saturated rings. The second-order valence-electron chi connectivity index (χ2n) is 7.64. The fourth-order valence-electron chi connectivity index (χ4n) is 3.15. The summed E-state index contributed by atoms with van der Waals surface area (Å²) < 4.78 is 5.46. The maximum absolute atomic E-state index is 12.2. The van der Waals surface area contributed by atoms with Gasteiger partial charge in [0.25, 0.3) is 5.91 Å². The zero-order valence-corrected chi connectivity index (χ0v) is 20.5. The lowest BCUT2D eigenvalue weighted by Crippen LogP contribution is -2.20. The Kier molecular flexibility index (Phi) is 7.64. The first-order chi connectivity index (χ1) is 16.8. The molecule has 0 aliphatic rings. The molecular weight excluding hydrogens is 487 g/mol. The first kappa shape index (κ1) is 24.3. The number of rotatable bonds is 8. The number of hydrogen-bond acceptors (Lipinski definition) is 7. The predicted octanol–water partition coefficient (Wildman–Crippen LogP) is 6.30. The predicted molar refractivity (Wildman–Crippen MR) is 139 cm³/mol. The number of ether oxygens (including phenoxy) is 1. The van der Waals surface area contributed by atoms with Crippen LogP contribution in [0.1, 0.15) is 11.4 Å². The number of amides is 1. The highest BCUT2D eigenvalue weighted by Crippen LogP contribution is 2.27. The molecule has 2 aromatic heterocycles. The second-order valence-corrected chi connectivity index (χ2v) is 8.49. The fraction of sp³-hybridized carbons (Fsp3) is 0.120. The molecule has 3 N–H and O–H groups in total. The SMILES string of the molecule is Cc1ccnc(Nc2cc(Nc3ccc(NC(=O)COc4ccc(Cl)cc4Cl)cc3)nc(C)n2)c1. The summed E-state index contributed by atoms with van der Waals surface area (Å²) in [5.41, 5.74) is 2.52. The number of halogens is 2. The van der Waals surface area contributed by atoms with Crippen LogP contribution in [0.25, 0.3) is 0 Å². The van der Waals surface area contributed by atoms with Crippen molar-refractivity contribution >= 4 is 57.9 Å². The van der Waals surface area contributed by atoms with E-state index in [0.29, 0.717) is 44.8 Å². The lowest BCUT2D eigenvalue weighted by molar-refractivity contribution is -0.118. The van der Waals surface area contributed by atoms with Crippen molar-refractivity contribution < 1.29 is 9.53 Å². The Morgan fingerprint density at radius 1 is 0.857 bits per heavy atom. The van der Waals surface area contributed by atoms with Crippen molar-refractivity contribution in [3.8, 4) is 5.75 Å². The van der Waals surface area contributed by atoms with E-state index in [-0.39, 0.29) is 12.5 Å². The maximum Gasteiger partial charge on any atom is 0.262 e. The van der Waals surface area contributed by atoms with Gasteiger partial charge in [-0.2, -0.15) is 0 Å². The smallest absolute Gasteiger partial charge is 0.262 e. The molecule has 4 aromatic rings. The number of carbonyl (C=O) groups is 1. The fourth-order valence-corrected chi connectivity index (χ4v) is 3.61. The average Bonchev–Trinajstić information content (AvgIpc) is 2.79. The molecule has 0 aliphatic heterocycles. The molecule has 0 unspecified atom stereocenters. The molecule has 0 radical (unpaired) electrons. The third-order valence-electron chi connectivity index (χ3n) is 4.70. The van der Waals surface area contributed by atoms with Crippen LogP contribution in [0.15, 0.2) is 66.9 Å². The zero-order chi connectivity index (χ0) is 24.8. The standard InChI is InChI=1S/C25H22Cl2N6O2/c1-15-9-10-28-22(11-15)33-24-13-23(29-16(2)30-24)31-18-4-6-19(7-5-18)32-25(34)14-35-21-8-3-17(26)12-20(21)27/h3-13H,14H2,1-2H3,(H,32,34)(H2,28,29,30,31,33). The molecule has 2 aromatic carbocycles. The first-order valence-corrected chi connectivity index (χ1v) is 11.4. The summed E-state index contributed by atoms with van der Waals surface area (Å²) in [4.78, 5) is 25.4. The van der Waals surface area contributed by atoms with Gasteiger partial charge in [-0.3, -0.25) is 4.79 Å². The number of hydrogen-bond donors (Lipinski definition) is 3. The molecular formula is C25H22Cl2N6O2. The number of benzene rings is 2. The quantitative estimate of drug-likeness (QED) is 0.256. The Morgan fingerprint density at radius 2 is 1.57 bits per heavy atom. The van der Waals surface area contributed by atoms with E-state index in [2.05, 4.69) is 30.9 Å². The van der Waals surface area contributed by atoms with Gasteiger partial charge in [-0.1, -0.05) is 23.2 Å². The third kappa shape index (κ3) is 7.05. The number of aromatic nitrogens is 3. The number of aryl methyl sites for hydroxylation is 2. The van der Waals surface area contributed by atoms with Crippen LogP contribution in [0.3, 0.4) is 0 Å². The van der Waals surface area contributed by atoms with Crippen molar-refractivity contribution in [1.29, 1.82) is 0 Å². The topological polar surface area (TPSA) is 101 Å². The van der Waals surface area contributed by atoms with Gasteiger partial charge in [0.2, 0.25) is 0 Å². The van der Waals surface area contributed by atoms with Crippen LogP contribution in [0.4, 0.5) is 28.8 Å². The van der Waals surface area contributed by atoms with Gasteiger partial charge in [0.05, 0.1) is 5.02 Å². The molecule has 0 spiro atoms. The summed E-state index contributed by atoms with van der Waals surface area (Å²) in [6, 6.07) is 17.7. The summed E-state index contributed by atoms with van der Waals surface area (Å²) in [7, 11) is 0. The molecule has 10 heteroatoms. The van der Waals surface area contributed by atoms with E-state index in [1.54, 1.807) is 42.6 Å². The molecule has 0 atom stereocenters. The number of pyridine rings is 1. The summed E-state index contributed by atoms with van der Waals surface area (Å²) in [5, 5.41) is 10.1. The number of nitrogens with one attached hydrogen (secondary N) is 3. The Morgan fingerprint density at radius 3 is 2.29 bits per heavy atom. The van der Waals surface area contributed by atoms with E-state index in [0.717, 1.165) is 11.3 Å². The second kappa shape index (κ2) is 11.0. The van der Waals surface area contributed by atoms with Crippen LogP contribution in [0.2, 0.25) is 10.0 Å². The van der Waals surface area contributed by atoms with E-state index < -0.39 is 0 Å². The first-order valence-electron chi connectivity index (χ1n) is 10.6. The van der Waals surface area contributed by atoms with Gasteiger partial charge in [0.15, 0.2) is 6.61 Å². The summed E-state index contributed by atoms with van der Waals surface area (Å²) in [6.45, 7) is 3.63. The highest BCUT2D eigenvalue weighted by Gasteiger charge is 2.08. The van der Waals surface area contributed by atoms with Crippen molar-refractivity contribution in [2.75, 3.05) is 22.6 Å². The van der Waals surface area contributed by atoms with E-state index in [1.807, 2.05) is 38.1 Å². The summed E-state index contributed by atoms with van der Waals surface area (Å²) in [5.74, 6) is 2.63. The highest BCUT2D eigenvalue weighted by molar-refractivity contribution is 6.35. The Balaban J connectivity index is 1.34. The minimum atomic E-state index is -0.316. The van der Waals surface area contributed by atoms with Gasteiger partial charge in [0.1, 0.15) is 29.0 Å². The van der Waals surface area contributed by atoms with Gasteiger partial charge >= 0.3 is 0 Å². The largest absolute Gasteiger partial charge is 0.482 e. The van der Waals surface area contributed by atoms with Gasteiger partial charge in [-0.05, 0) is 74.0 Å². The minimum Gasteiger partial charge on any atom is -0.482 e. The third-order valence-corrected chi connectivity index (χ3v) is 5.23. The van der Waals surface area contributed by atoms with Crippen LogP contribution in [0.5, 0.6) is 5.75 Å². The molecule has 1 amide bonds. The van der Waals surface area contributed by atoms with Crippen LogP contribution >= 0.6 is 23.2 Å². The maximum atomic E-state index is 12.2.